The van der Waals surface area contributed by atoms with Crippen molar-refractivity contribution in [3.63, 3.8) is 0 Å². The normalized spacial score (nSPS) is 44.7. The highest BCUT2D eigenvalue weighted by Gasteiger charge is 2.71. The molecule has 62 heavy (non-hydrogen) atoms. The van der Waals surface area contributed by atoms with Crippen LogP contribution in [-0.2, 0) is 48.1 Å². The molecule has 8 heterocycles. The summed E-state index contributed by atoms with van der Waals surface area (Å²) in [5.74, 6) is -10.2. The fraction of sp³-hybridized carbons (Fsp3) is 0.822. The van der Waals surface area contributed by atoms with Crippen molar-refractivity contribution in [2.45, 2.75) is 172 Å². The minimum Gasteiger partial charge on any atom is -0.480 e. The predicted molar refractivity (Wildman–Crippen MR) is 210 cm³/mol. The molecule has 17 heteroatoms. The topological polar surface area (TPSA) is 143 Å². The summed E-state index contributed by atoms with van der Waals surface area (Å²) in [5, 5.41) is 11.9. The molecule has 4 bridgehead atoms. The number of amides is 1. The molecule has 13 nitrogen and oxygen atoms in total. The monoisotopic (exact) mass is 882 g/mol. The molecule has 1 aromatic rings. The highest BCUT2D eigenvalue weighted by molar-refractivity contribution is 5.88. The van der Waals surface area contributed by atoms with Gasteiger partial charge in [-0.1, -0.05) is 27.7 Å². The number of carboxylic acids is 1. The van der Waals surface area contributed by atoms with Crippen LogP contribution in [0.3, 0.4) is 0 Å². The van der Waals surface area contributed by atoms with Crippen LogP contribution in [0.1, 0.15) is 119 Å². The lowest BCUT2D eigenvalue weighted by molar-refractivity contribution is -0.571. The lowest BCUT2D eigenvalue weighted by Gasteiger charge is -2.60. The van der Waals surface area contributed by atoms with E-state index in [0.29, 0.717) is 31.1 Å². The summed E-state index contributed by atoms with van der Waals surface area (Å²) in [6.07, 6.45) is 4.59. The quantitative estimate of drug-likeness (QED) is 0.121. The molecule has 0 radical (unpaired) electrons. The van der Waals surface area contributed by atoms with Gasteiger partial charge in [-0.3, -0.25) is 9.59 Å². The lowest BCUT2D eigenvalue weighted by atomic mass is 9.57. The first-order valence-electron chi connectivity index (χ1n) is 22.9. The number of aliphatic carboxylic acids is 1. The van der Waals surface area contributed by atoms with Crippen LogP contribution in [0.25, 0.3) is 0 Å². The number of fused-ring (bicyclic) bond motifs is 4. The van der Waals surface area contributed by atoms with Gasteiger partial charge in [-0.05, 0) is 114 Å². The number of ether oxygens (including phenoxy) is 4. The Bertz CT molecular complexity index is 1870. The Balaban J connectivity index is 0.996. The Morgan fingerprint density at radius 1 is 0.742 bits per heavy atom. The van der Waals surface area contributed by atoms with E-state index in [1.807, 2.05) is 20.8 Å². The third kappa shape index (κ3) is 7.17. The van der Waals surface area contributed by atoms with Crippen LogP contribution in [0.5, 0.6) is 0 Å². The Morgan fingerprint density at radius 3 is 1.74 bits per heavy atom. The first-order valence-corrected chi connectivity index (χ1v) is 22.9. The zero-order valence-electron chi connectivity index (χ0n) is 36.5. The highest BCUT2D eigenvalue weighted by atomic mass is 19.2. The molecule has 1 amide bonds. The third-order valence-electron chi connectivity index (χ3n) is 16.7. The van der Waals surface area contributed by atoms with Crippen LogP contribution in [0.2, 0.25) is 0 Å². The van der Waals surface area contributed by atoms with Crippen LogP contribution in [0, 0.1) is 70.6 Å². The zero-order chi connectivity index (χ0) is 44.1. The van der Waals surface area contributed by atoms with Crippen molar-refractivity contribution in [1.82, 2.24) is 5.32 Å². The van der Waals surface area contributed by atoms with Crippen molar-refractivity contribution in [2.24, 2.45) is 47.3 Å². The van der Waals surface area contributed by atoms with Gasteiger partial charge in [0.25, 0.3) is 0 Å². The Hall–Kier alpha value is -2.64. The van der Waals surface area contributed by atoms with E-state index in [0.717, 1.165) is 43.4 Å². The number of nitrogens with zero attached hydrogens (tertiary/aromatic N) is 1. The van der Waals surface area contributed by atoms with E-state index < -0.39 is 101 Å². The van der Waals surface area contributed by atoms with Crippen LogP contribution in [0.15, 0.2) is 6.07 Å². The van der Waals surface area contributed by atoms with E-state index in [4.69, 9.17) is 38.5 Å². The molecule has 2 aliphatic carbocycles. The number of nitrogens with one attached hydrogen (secondary N) is 1. The smallest absolute Gasteiger partial charge is 0.322 e. The minimum atomic E-state index is -1.67. The fourth-order valence-corrected chi connectivity index (χ4v) is 13.3. The fourth-order valence-electron chi connectivity index (χ4n) is 13.3. The molecule has 8 aliphatic heterocycles. The van der Waals surface area contributed by atoms with Gasteiger partial charge >= 0.3 is 5.97 Å². The molecule has 2 saturated carbocycles. The second-order valence-electron chi connectivity index (χ2n) is 20.2. The second-order valence-corrected chi connectivity index (χ2v) is 20.2. The molecule has 346 valence electrons. The summed E-state index contributed by atoms with van der Waals surface area (Å²) in [4.78, 5) is 51.4. The van der Waals surface area contributed by atoms with Gasteiger partial charge in [-0.25, -0.2) is 37.1 Å². The van der Waals surface area contributed by atoms with E-state index in [2.05, 4.69) is 26.1 Å². The summed E-state index contributed by atoms with van der Waals surface area (Å²) in [7, 11) is 0. The van der Waals surface area contributed by atoms with Gasteiger partial charge in [0, 0.05) is 37.3 Å². The number of carbonyl (C=O) groups excluding carboxylic acids is 1. The number of rotatable bonds is 12. The standard InChI is InChI=1S/C45H62F4N2O11/c1-22-9-11-28-24(3)33(55-40-44(28)26(22)15-17-42(5,57-40)59-61-44)8-7-19-51(38-36(48)30(46)20-31(47)37(38)49)32(39(54)50-21-35(52)53)13-14-34-25(4)29-12-10-23(2)27-16-18-43(6)58-41(56-34)45(27,29)62-60-43/h20,22-29,32-34,40-41H,7-19,21H2,1-6H3,(H,50,54)(H,52,53)/t22-,23-,24-,25-,26?,27?,28?,29?,32?,33-,34-,40-,41-,42-,43-,44-,45-/m1/s1. The van der Waals surface area contributed by atoms with Crippen molar-refractivity contribution < 1.29 is 70.8 Å². The third-order valence-corrected chi connectivity index (χ3v) is 16.7. The average molecular weight is 883 g/mol. The van der Waals surface area contributed by atoms with Crippen LogP contribution in [-0.4, -0.2) is 83.7 Å². The summed E-state index contributed by atoms with van der Waals surface area (Å²) in [6, 6.07) is -1.35. The van der Waals surface area contributed by atoms with Crippen LogP contribution >= 0.6 is 0 Å². The second kappa shape index (κ2) is 16.4. The maximum atomic E-state index is 16.0. The first kappa shape index (κ1) is 44.6. The van der Waals surface area contributed by atoms with Gasteiger partial charge in [0.1, 0.15) is 18.3 Å². The number of benzene rings is 1. The minimum absolute atomic E-state index is 0.0134. The Kier molecular flexibility index (Phi) is 11.8. The predicted octanol–water partition coefficient (Wildman–Crippen LogP) is 7.68. The lowest BCUT2D eigenvalue weighted by Crippen LogP contribution is -2.70. The number of hydrogen-bond donors (Lipinski definition) is 2. The zero-order valence-corrected chi connectivity index (χ0v) is 36.5. The number of halogens is 4. The summed E-state index contributed by atoms with van der Waals surface area (Å²) in [6.45, 7) is 11.2. The van der Waals surface area contributed by atoms with Crippen LogP contribution < -0.4 is 10.2 Å². The van der Waals surface area contributed by atoms with Gasteiger partial charge in [0.2, 0.25) is 17.5 Å². The maximum absolute atomic E-state index is 16.0. The van der Waals surface area contributed by atoms with Gasteiger partial charge < -0.3 is 34.3 Å². The molecule has 0 aromatic heterocycles. The molecule has 5 unspecified atom stereocenters. The maximum Gasteiger partial charge on any atom is 0.322 e. The van der Waals surface area contributed by atoms with Crippen molar-refractivity contribution in [3.8, 4) is 0 Å². The number of anilines is 1. The SMILES string of the molecule is C[C@@H]1CCC2[C@@H](C)[C@@H](CCCN(c3c(F)c(F)cc(F)c3F)C(CC[C@H]3O[C@@H]4O[C@@]5(C)CCC6[C@H](C)CCC([C@H]3C)[C@]64OO5)C(=O)NCC(=O)O)O[C@@H]3O[C@@]4(C)CCC1[C@@]23OO4. The number of carbonyl (C=O) groups is 2. The molecule has 1 aromatic carbocycles. The summed E-state index contributed by atoms with van der Waals surface area (Å²) >= 11 is 0. The molecule has 10 fully saturated rings. The van der Waals surface area contributed by atoms with E-state index >= 15 is 17.6 Å². The molecular weight excluding hydrogens is 820 g/mol. The average Bonchev–Trinajstić information content (AvgIpc) is 3.60. The molecule has 17 atom stereocenters. The van der Waals surface area contributed by atoms with Crippen molar-refractivity contribution >= 4 is 17.6 Å². The summed E-state index contributed by atoms with van der Waals surface area (Å²) < 4.78 is 88.7. The van der Waals surface area contributed by atoms with E-state index in [1.165, 1.54) is 0 Å². The number of hydrogen-bond acceptors (Lipinski definition) is 11. The van der Waals surface area contributed by atoms with Gasteiger partial charge in [0.15, 0.2) is 47.1 Å². The highest BCUT2D eigenvalue weighted by Crippen LogP contribution is 2.62. The van der Waals surface area contributed by atoms with Crippen molar-refractivity contribution in [3.05, 3.63) is 29.3 Å². The number of carboxylic acid groups (broad SMARTS) is 1. The summed E-state index contributed by atoms with van der Waals surface area (Å²) in [5.41, 5.74) is -2.71. The Morgan fingerprint density at radius 2 is 1.24 bits per heavy atom. The van der Waals surface area contributed by atoms with Crippen molar-refractivity contribution in [1.29, 1.82) is 0 Å². The molecule has 8 saturated heterocycles. The molecule has 10 aliphatic rings. The van der Waals surface area contributed by atoms with E-state index in [1.54, 1.807) is 0 Å². The van der Waals surface area contributed by atoms with Gasteiger partial charge in [-0.2, -0.15) is 0 Å². The van der Waals surface area contributed by atoms with E-state index in [-0.39, 0.29) is 67.4 Å². The molecule has 2 N–H and O–H groups in total. The van der Waals surface area contributed by atoms with Gasteiger partial charge in [0.05, 0.1) is 12.2 Å². The largest absolute Gasteiger partial charge is 0.480 e. The molecule has 11 rings (SSSR count). The molecule has 2 spiro atoms. The van der Waals surface area contributed by atoms with E-state index in [9.17, 15) is 14.7 Å². The first-order chi connectivity index (χ1) is 29.4. The van der Waals surface area contributed by atoms with Gasteiger partial charge in [-0.15, -0.1) is 0 Å². The molecular formula is C45H62F4N2O11. The Labute approximate surface area is 359 Å². The van der Waals surface area contributed by atoms with Crippen molar-refractivity contribution in [2.75, 3.05) is 18.0 Å². The van der Waals surface area contributed by atoms with Crippen LogP contribution in [0.4, 0.5) is 23.2 Å².